The fourth-order valence-corrected chi connectivity index (χ4v) is 2.98. The van der Waals surface area contributed by atoms with Crippen molar-refractivity contribution < 1.29 is 17.9 Å². The zero-order chi connectivity index (χ0) is 17.7. The Morgan fingerprint density at radius 3 is 2.38 bits per heavy atom. The van der Waals surface area contributed by atoms with Gasteiger partial charge in [-0.25, -0.2) is 12.7 Å². The molecule has 128 valence electrons. The van der Waals surface area contributed by atoms with Gasteiger partial charge in [0.2, 0.25) is 15.9 Å². The summed E-state index contributed by atoms with van der Waals surface area (Å²) in [5.41, 5.74) is 1.44. The summed E-state index contributed by atoms with van der Waals surface area (Å²) in [7, 11) is -0.472. The number of amides is 1. The van der Waals surface area contributed by atoms with E-state index in [0.29, 0.717) is 11.4 Å². The minimum absolute atomic E-state index is 0.136. The molecule has 2 aromatic rings. The Hall–Kier alpha value is -2.38. The number of ether oxygens (including phenoxy) is 1. The Bertz CT molecular complexity index is 815. The van der Waals surface area contributed by atoms with Gasteiger partial charge in [0.1, 0.15) is 12.4 Å². The van der Waals surface area contributed by atoms with Gasteiger partial charge in [0, 0.05) is 26.7 Å². The Balaban J connectivity index is 2.06. The van der Waals surface area contributed by atoms with E-state index in [1.807, 2.05) is 0 Å². The molecular formula is C17H20N2O4S. The molecule has 0 unspecified atom stereocenters. The molecular weight excluding hydrogens is 328 g/mol. The van der Waals surface area contributed by atoms with Crippen molar-refractivity contribution in [3.05, 3.63) is 54.1 Å². The number of benzene rings is 2. The van der Waals surface area contributed by atoms with E-state index in [2.05, 4.69) is 5.32 Å². The van der Waals surface area contributed by atoms with Gasteiger partial charge in [0.15, 0.2) is 0 Å². The summed E-state index contributed by atoms with van der Waals surface area (Å²) >= 11 is 0. The molecule has 7 heteroatoms. The number of hydrogen-bond acceptors (Lipinski definition) is 4. The third kappa shape index (κ3) is 4.56. The average Bonchev–Trinajstić information content (AvgIpc) is 2.54. The SMILES string of the molecule is CC(=O)Nc1ccc(OCc2cccc(S(=O)(=O)N(C)C)c2)cc1. The number of hydrogen-bond donors (Lipinski definition) is 1. The lowest BCUT2D eigenvalue weighted by Gasteiger charge is -2.13. The van der Waals surface area contributed by atoms with Crippen molar-refractivity contribution in [1.29, 1.82) is 0 Å². The van der Waals surface area contributed by atoms with Gasteiger partial charge in [0.25, 0.3) is 0 Å². The van der Waals surface area contributed by atoms with E-state index < -0.39 is 10.0 Å². The summed E-state index contributed by atoms with van der Waals surface area (Å²) < 4.78 is 31.1. The molecule has 1 amide bonds. The van der Waals surface area contributed by atoms with Crippen molar-refractivity contribution in [2.24, 2.45) is 0 Å². The predicted octanol–water partition coefficient (Wildman–Crippen LogP) is 2.47. The summed E-state index contributed by atoms with van der Waals surface area (Å²) in [5, 5.41) is 2.67. The lowest BCUT2D eigenvalue weighted by molar-refractivity contribution is -0.114. The number of anilines is 1. The summed E-state index contributed by atoms with van der Waals surface area (Å²) in [6, 6.07) is 13.6. The van der Waals surface area contributed by atoms with Gasteiger partial charge in [-0.3, -0.25) is 4.79 Å². The molecule has 24 heavy (non-hydrogen) atoms. The molecule has 0 spiro atoms. The van der Waals surface area contributed by atoms with Crippen LogP contribution in [0, 0.1) is 0 Å². The summed E-state index contributed by atoms with van der Waals surface area (Å²) in [6.07, 6.45) is 0. The number of carbonyl (C=O) groups is 1. The predicted molar refractivity (Wildman–Crippen MR) is 92.4 cm³/mol. The first-order chi connectivity index (χ1) is 11.3. The minimum atomic E-state index is -3.46. The van der Waals surface area contributed by atoms with Crippen LogP contribution in [0.4, 0.5) is 5.69 Å². The molecule has 1 N–H and O–H groups in total. The van der Waals surface area contributed by atoms with E-state index >= 15 is 0 Å². The van der Waals surface area contributed by atoms with Crippen LogP contribution in [0.1, 0.15) is 12.5 Å². The lowest BCUT2D eigenvalue weighted by atomic mass is 10.2. The number of nitrogens with zero attached hydrogens (tertiary/aromatic N) is 1. The van der Waals surface area contributed by atoms with Crippen LogP contribution in [-0.2, 0) is 21.4 Å². The van der Waals surface area contributed by atoms with Crippen LogP contribution in [0.5, 0.6) is 5.75 Å². The van der Waals surface area contributed by atoms with Crippen LogP contribution in [0.2, 0.25) is 0 Å². The van der Waals surface area contributed by atoms with Crippen LogP contribution < -0.4 is 10.1 Å². The first kappa shape index (κ1) is 18.0. The highest BCUT2D eigenvalue weighted by atomic mass is 32.2. The maximum atomic E-state index is 12.1. The maximum absolute atomic E-state index is 12.1. The topological polar surface area (TPSA) is 75.7 Å². The Morgan fingerprint density at radius 1 is 1.12 bits per heavy atom. The second-order valence-corrected chi connectivity index (χ2v) is 7.58. The van der Waals surface area contributed by atoms with Crippen molar-refractivity contribution in [3.8, 4) is 5.75 Å². The molecule has 0 fully saturated rings. The van der Waals surface area contributed by atoms with Crippen LogP contribution in [-0.4, -0.2) is 32.7 Å². The normalized spacial score (nSPS) is 11.3. The lowest BCUT2D eigenvalue weighted by Crippen LogP contribution is -2.22. The molecule has 0 bridgehead atoms. The molecule has 0 saturated heterocycles. The Kier molecular flexibility index (Phi) is 5.58. The molecule has 0 radical (unpaired) electrons. The maximum Gasteiger partial charge on any atom is 0.242 e. The Morgan fingerprint density at radius 2 is 1.79 bits per heavy atom. The van der Waals surface area contributed by atoms with E-state index in [1.54, 1.807) is 48.5 Å². The van der Waals surface area contributed by atoms with Gasteiger partial charge in [-0.15, -0.1) is 0 Å². The zero-order valence-corrected chi connectivity index (χ0v) is 14.6. The monoisotopic (exact) mass is 348 g/mol. The van der Waals surface area contributed by atoms with E-state index in [1.165, 1.54) is 25.3 Å². The van der Waals surface area contributed by atoms with Crippen LogP contribution >= 0.6 is 0 Å². The average molecular weight is 348 g/mol. The minimum Gasteiger partial charge on any atom is -0.489 e. The van der Waals surface area contributed by atoms with E-state index in [0.717, 1.165) is 5.56 Å². The van der Waals surface area contributed by atoms with E-state index in [-0.39, 0.29) is 17.4 Å². The van der Waals surface area contributed by atoms with Crippen molar-refractivity contribution in [1.82, 2.24) is 4.31 Å². The van der Waals surface area contributed by atoms with Crippen LogP contribution in [0.15, 0.2) is 53.4 Å². The third-order valence-corrected chi connectivity index (χ3v) is 5.07. The van der Waals surface area contributed by atoms with Gasteiger partial charge in [-0.1, -0.05) is 12.1 Å². The number of sulfonamides is 1. The highest BCUT2D eigenvalue weighted by Crippen LogP contribution is 2.19. The quantitative estimate of drug-likeness (QED) is 0.870. The van der Waals surface area contributed by atoms with Crippen LogP contribution in [0.3, 0.4) is 0 Å². The zero-order valence-electron chi connectivity index (χ0n) is 13.8. The Labute approximate surface area is 142 Å². The number of carbonyl (C=O) groups excluding carboxylic acids is 1. The van der Waals surface area contributed by atoms with Gasteiger partial charge in [-0.2, -0.15) is 0 Å². The first-order valence-corrected chi connectivity index (χ1v) is 8.75. The second kappa shape index (κ2) is 7.46. The molecule has 0 heterocycles. The van der Waals surface area contributed by atoms with Crippen molar-refractivity contribution in [2.75, 3.05) is 19.4 Å². The van der Waals surface area contributed by atoms with Crippen molar-refractivity contribution >= 4 is 21.6 Å². The van der Waals surface area contributed by atoms with Crippen molar-refractivity contribution in [3.63, 3.8) is 0 Å². The number of nitrogens with one attached hydrogen (secondary N) is 1. The smallest absolute Gasteiger partial charge is 0.242 e. The van der Waals surface area contributed by atoms with E-state index in [9.17, 15) is 13.2 Å². The van der Waals surface area contributed by atoms with Gasteiger partial charge < -0.3 is 10.1 Å². The van der Waals surface area contributed by atoms with Crippen molar-refractivity contribution in [2.45, 2.75) is 18.4 Å². The summed E-state index contributed by atoms with van der Waals surface area (Å²) in [5.74, 6) is 0.493. The van der Waals surface area contributed by atoms with Gasteiger partial charge in [-0.05, 0) is 42.0 Å². The van der Waals surface area contributed by atoms with E-state index in [4.69, 9.17) is 4.74 Å². The molecule has 6 nitrogen and oxygen atoms in total. The molecule has 0 aliphatic heterocycles. The largest absolute Gasteiger partial charge is 0.489 e. The van der Waals surface area contributed by atoms with Gasteiger partial charge in [0.05, 0.1) is 4.90 Å². The molecule has 2 aromatic carbocycles. The third-order valence-electron chi connectivity index (χ3n) is 3.26. The number of rotatable bonds is 6. The fourth-order valence-electron chi connectivity index (χ4n) is 2.01. The molecule has 0 atom stereocenters. The first-order valence-electron chi connectivity index (χ1n) is 7.31. The van der Waals surface area contributed by atoms with Gasteiger partial charge >= 0.3 is 0 Å². The standard InChI is InChI=1S/C17H20N2O4S/c1-13(20)18-15-7-9-16(10-8-15)23-12-14-5-4-6-17(11-14)24(21,22)19(2)3/h4-11H,12H2,1-3H3,(H,18,20). The molecule has 0 aliphatic rings. The molecule has 2 rings (SSSR count). The summed E-state index contributed by atoms with van der Waals surface area (Å²) in [6.45, 7) is 1.69. The fraction of sp³-hybridized carbons (Fsp3) is 0.235. The second-order valence-electron chi connectivity index (χ2n) is 5.43. The van der Waals surface area contributed by atoms with Crippen LogP contribution in [0.25, 0.3) is 0 Å². The molecule has 0 saturated carbocycles. The highest BCUT2D eigenvalue weighted by molar-refractivity contribution is 7.89. The molecule has 0 aromatic heterocycles. The highest BCUT2D eigenvalue weighted by Gasteiger charge is 2.17. The molecule has 0 aliphatic carbocycles. The summed E-state index contributed by atoms with van der Waals surface area (Å²) in [4.78, 5) is 11.2.